The largest absolute Gasteiger partial charge is 0.496 e. The fourth-order valence-corrected chi connectivity index (χ4v) is 3.07. The quantitative estimate of drug-likeness (QED) is 0.304. The SMILES string of the molecule is COc1ccc(C(=O)NNC(=S)NC(=O)c2cccc(OCC(C)C)c2)cc1I. The summed E-state index contributed by atoms with van der Waals surface area (Å²) in [7, 11) is 1.56. The summed E-state index contributed by atoms with van der Waals surface area (Å²) in [5, 5.41) is 2.49. The van der Waals surface area contributed by atoms with Crippen LogP contribution in [0.25, 0.3) is 0 Å². The van der Waals surface area contributed by atoms with Crippen molar-refractivity contribution in [3.8, 4) is 11.5 Å². The molecule has 0 aliphatic rings. The van der Waals surface area contributed by atoms with E-state index in [9.17, 15) is 9.59 Å². The molecule has 3 N–H and O–H groups in total. The summed E-state index contributed by atoms with van der Waals surface area (Å²) in [6.45, 7) is 4.64. The lowest BCUT2D eigenvalue weighted by Crippen LogP contribution is -2.48. The maximum Gasteiger partial charge on any atom is 0.269 e. The molecule has 0 fully saturated rings. The Labute approximate surface area is 188 Å². The molecule has 0 bridgehead atoms. The zero-order chi connectivity index (χ0) is 21.4. The summed E-state index contributed by atoms with van der Waals surface area (Å²) in [4.78, 5) is 24.6. The van der Waals surface area contributed by atoms with Crippen molar-refractivity contribution in [2.45, 2.75) is 13.8 Å². The van der Waals surface area contributed by atoms with Crippen LogP contribution in [0.4, 0.5) is 0 Å². The molecule has 154 valence electrons. The van der Waals surface area contributed by atoms with Crippen LogP contribution < -0.4 is 25.6 Å². The summed E-state index contributed by atoms with van der Waals surface area (Å²) < 4.78 is 11.6. The third-order valence-electron chi connectivity index (χ3n) is 3.61. The smallest absolute Gasteiger partial charge is 0.269 e. The Bertz CT molecular complexity index is 905. The molecule has 0 radical (unpaired) electrons. The Morgan fingerprint density at radius 3 is 2.45 bits per heavy atom. The highest BCUT2D eigenvalue weighted by Crippen LogP contribution is 2.21. The van der Waals surface area contributed by atoms with Crippen LogP contribution in [-0.4, -0.2) is 30.6 Å². The fourth-order valence-electron chi connectivity index (χ4n) is 2.19. The third-order valence-corrected chi connectivity index (χ3v) is 4.66. The molecule has 2 aromatic carbocycles. The van der Waals surface area contributed by atoms with Crippen molar-refractivity contribution >= 4 is 51.7 Å². The van der Waals surface area contributed by atoms with E-state index >= 15 is 0 Å². The van der Waals surface area contributed by atoms with E-state index in [1.54, 1.807) is 49.6 Å². The average Bonchev–Trinajstić information content (AvgIpc) is 2.70. The normalized spacial score (nSPS) is 10.2. The third kappa shape index (κ3) is 7.17. The van der Waals surface area contributed by atoms with Crippen molar-refractivity contribution in [3.05, 3.63) is 57.2 Å². The molecular weight excluding hydrogens is 505 g/mol. The van der Waals surface area contributed by atoms with Gasteiger partial charge in [0.15, 0.2) is 5.11 Å². The first-order valence-electron chi connectivity index (χ1n) is 8.78. The van der Waals surface area contributed by atoms with Crippen LogP contribution in [0.3, 0.4) is 0 Å². The second-order valence-electron chi connectivity index (χ2n) is 6.44. The molecule has 2 amide bonds. The maximum atomic E-state index is 12.4. The van der Waals surface area contributed by atoms with E-state index in [-0.39, 0.29) is 5.11 Å². The van der Waals surface area contributed by atoms with Crippen LogP contribution in [0, 0.1) is 9.49 Å². The predicted octanol–water partition coefficient (Wildman–Crippen LogP) is 3.28. The Morgan fingerprint density at radius 1 is 1.07 bits per heavy atom. The highest BCUT2D eigenvalue weighted by Gasteiger charge is 2.12. The summed E-state index contributed by atoms with van der Waals surface area (Å²) in [5.41, 5.74) is 5.79. The predicted molar refractivity (Wildman–Crippen MR) is 123 cm³/mol. The first kappa shape index (κ1) is 22.9. The number of rotatable bonds is 6. The Hall–Kier alpha value is -2.40. The first-order chi connectivity index (χ1) is 13.8. The van der Waals surface area contributed by atoms with Gasteiger partial charge in [-0.05, 0) is 77.1 Å². The lowest BCUT2D eigenvalue weighted by Gasteiger charge is -2.12. The van der Waals surface area contributed by atoms with Crippen molar-refractivity contribution in [3.63, 3.8) is 0 Å². The van der Waals surface area contributed by atoms with Gasteiger partial charge in [-0.25, -0.2) is 0 Å². The van der Waals surface area contributed by atoms with E-state index in [1.807, 2.05) is 13.8 Å². The molecule has 0 spiro atoms. The van der Waals surface area contributed by atoms with E-state index in [2.05, 4.69) is 38.8 Å². The number of nitrogens with one attached hydrogen (secondary N) is 3. The van der Waals surface area contributed by atoms with Crippen molar-refractivity contribution < 1.29 is 19.1 Å². The molecule has 29 heavy (non-hydrogen) atoms. The van der Waals surface area contributed by atoms with Crippen LogP contribution in [0.2, 0.25) is 0 Å². The molecule has 7 nitrogen and oxygen atoms in total. The Kier molecular flexibility index (Phi) is 8.65. The summed E-state index contributed by atoms with van der Waals surface area (Å²) >= 11 is 7.15. The van der Waals surface area contributed by atoms with Gasteiger partial charge in [0.1, 0.15) is 11.5 Å². The monoisotopic (exact) mass is 527 g/mol. The second kappa shape index (κ2) is 11.0. The highest BCUT2D eigenvalue weighted by atomic mass is 127. The first-order valence-corrected chi connectivity index (χ1v) is 10.3. The average molecular weight is 527 g/mol. The zero-order valence-electron chi connectivity index (χ0n) is 16.2. The molecule has 0 aromatic heterocycles. The molecule has 0 saturated carbocycles. The van der Waals surface area contributed by atoms with Gasteiger partial charge < -0.3 is 9.47 Å². The highest BCUT2D eigenvalue weighted by molar-refractivity contribution is 14.1. The van der Waals surface area contributed by atoms with Crippen molar-refractivity contribution in [2.75, 3.05) is 13.7 Å². The number of halogens is 1. The molecule has 2 aromatic rings. The zero-order valence-corrected chi connectivity index (χ0v) is 19.2. The van der Waals surface area contributed by atoms with E-state index in [4.69, 9.17) is 21.7 Å². The Morgan fingerprint density at radius 2 is 1.79 bits per heavy atom. The molecule has 0 unspecified atom stereocenters. The van der Waals surface area contributed by atoms with Crippen molar-refractivity contribution in [1.29, 1.82) is 0 Å². The number of carbonyl (C=O) groups excluding carboxylic acids is 2. The fraction of sp³-hybridized carbons (Fsp3) is 0.250. The van der Waals surface area contributed by atoms with Gasteiger partial charge in [0.2, 0.25) is 0 Å². The number of ether oxygens (including phenoxy) is 2. The molecule has 0 atom stereocenters. The molecule has 0 aliphatic heterocycles. The van der Waals surface area contributed by atoms with Crippen LogP contribution in [0.15, 0.2) is 42.5 Å². The van der Waals surface area contributed by atoms with Crippen molar-refractivity contribution in [2.24, 2.45) is 5.92 Å². The second-order valence-corrected chi connectivity index (χ2v) is 8.01. The van der Waals surface area contributed by atoms with Gasteiger partial charge in [-0.3, -0.25) is 25.8 Å². The molecular formula is C20H22IN3O4S. The summed E-state index contributed by atoms with van der Waals surface area (Å²) in [5.74, 6) is 0.851. The van der Waals surface area contributed by atoms with Gasteiger partial charge in [0.25, 0.3) is 11.8 Å². The van der Waals surface area contributed by atoms with E-state index in [0.717, 1.165) is 3.57 Å². The molecule has 2 rings (SSSR count). The molecule has 0 aliphatic carbocycles. The Balaban J connectivity index is 1.88. The molecule has 0 saturated heterocycles. The van der Waals surface area contributed by atoms with E-state index in [1.165, 1.54) is 0 Å². The van der Waals surface area contributed by atoms with E-state index < -0.39 is 11.8 Å². The topological polar surface area (TPSA) is 88.7 Å². The summed E-state index contributed by atoms with van der Waals surface area (Å²) in [6, 6.07) is 11.8. The minimum atomic E-state index is -0.411. The van der Waals surface area contributed by atoms with Crippen LogP contribution >= 0.6 is 34.8 Å². The van der Waals surface area contributed by atoms with Crippen LogP contribution in [0.5, 0.6) is 11.5 Å². The number of amides is 2. The lowest BCUT2D eigenvalue weighted by atomic mass is 10.2. The maximum absolute atomic E-state index is 12.4. The van der Waals surface area contributed by atoms with E-state index in [0.29, 0.717) is 35.2 Å². The lowest BCUT2D eigenvalue weighted by molar-refractivity contribution is 0.0934. The minimum absolute atomic E-state index is 0.0277. The number of methoxy groups -OCH3 is 1. The van der Waals surface area contributed by atoms with Gasteiger partial charge >= 0.3 is 0 Å². The standard InChI is InChI=1S/C20H22IN3O4S/c1-12(2)11-28-15-6-4-5-13(9-15)18(25)22-20(29)24-23-19(26)14-7-8-17(27-3)16(21)10-14/h4-10,12H,11H2,1-3H3,(H,23,26)(H2,22,24,25,29). The van der Waals surface area contributed by atoms with Gasteiger partial charge in [0.05, 0.1) is 17.3 Å². The van der Waals surface area contributed by atoms with Gasteiger partial charge in [-0.15, -0.1) is 0 Å². The van der Waals surface area contributed by atoms with Crippen LogP contribution in [0.1, 0.15) is 34.6 Å². The number of hydrazine groups is 1. The number of benzene rings is 2. The molecule has 9 heteroatoms. The van der Waals surface area contributed by atoms with Gasteiger partial charge in [0, 0.05) is 11.1 Å². The minimum Gasteiger partial charge on any atom is -0.496 e. The number of carbonyl (C=O) groups is 2. The van der Waals surface area contributed by atoms with Crippen LogP contribution in [-0.2, 0) is 0 Å². The number of hydrogen-bond donors (Lipinski definition) is 3. The van der Waals surface area contributed by atoms with Gasteiger partial charge in [-0.1, -0.05) is 19.9 Å². The van der Waals surface area contributed by atoms with Crippen molar-refractivity contribution in [1.82, 2.24) is 16.2 Å². The number of hydrogen-bond acceptors (Lipinski definition) is 5. The summed E-state index contributed by atoms with van der Waals surface area (Å²) in [6.07, 6.45) is 0. The van der Waals surface area contributed by atoms with Gasteiger partial charge in [-0.2, -0.15) is 0 Å². The number of thiocarbonyl (C=S) groups is 1. The molecule has 0 heterocycles.